The van der Waals surface area contributed by atoms with Crippen molar-refractivity contribution >= 4 is 12.3 Å². The highest BCUT2D eigenvalue weighted by molar-refractivity contribution is 5.39. The predicted molar refractivity (Wildman–Crippen MR) is 110 cm³/mol. The lowest BCUT2D eigenvalue weighted by atomic mass is 9.76. The summed E-state index contributed by atoms with van der Waals surface area (Å²) in [5.74, 6) is 1.78. The fourth-order valence-corrected chi connectivity index (χ4v) is 4.80. The van der Waals surface area contributed by atoms with Crippen molar-refractivity contribution in [3.8, 4) is 0 Å². The Morgan fingerprint density at radius 3 is 2.68 bits per heavy atom. The summed E-state index contributed by atoms with van der Waals surface area (Å²) in [6.07, 6.45) is 9.16. The van der Waals surface area contributed by atoms with Gasteiger partial charge in [0.1, 0.15) is 5.82 Å². The molecule has 1 aromatic carbocycles. The second kappa shape index (κ2) is 9.64. The van der Waals surface area contributed by atoms with Crippen LogP contribution in [0.1, 0.15) is 25.3 Å². The van der Waals surface area contributed by atoms with Crippen LogP contribution in [0, 0.1) is 11.3 Å². The average molecular weight is 383 g/mol. The van der Waals surface area contributed by atoms with Gasteiger partial charge in [0.25, 0.3) is 6.47 Å². The third-order valence-electron chi connectivity index (χ3n) is 6.00. The quantitative estimate of drug-likeness (QED) is 0.775. The van der Waals surface area contributed by atoms with Crippen molar-refractivity contribution in [3.05, 3.63) is 54.5 Å². The molecule has 2 fully saturated rings. The van der Waals surface area contributed by atoms with E-state index in [4.69, 9.17) is 9.90 Å². The first-order valence-electron chi connectivity index (χ1n) is 10.1. The van der Waals surface area contributed by atoms with Crippen LogP contribution in [0.5, 0.6) is 0 Å². The van der Waals surface area contributed by atoms with Gasteiger partial charge in [-0.1, -0.05) is 37.3 Å². The number of carbonyl (C=O) groups is 1. The summed E-state index contributed by atoms with van der Waals surface area (Å²) >= 11 is 0. The van der Waals surface area contributed by atoms with E-state index in [1.54, 1.807) is 6.20 Å². The number of fused-ring (bicyclic) bond motifs is 1. The van der Waals surface area contributed by atoms with E-state index in [2.05, 4.69) is 57.0 Å². The third-order valence-corrected chi connectivity index (χ3v) is 6.00. The summed E-state index contributed by atoms with van der Waals surface area (Å²) in [5.41, 5.74) is 1.85. The largest absolute Gasteiger partial charge is 0.483 e. The molecule has 0 spiro atoms. The molecule has 150 valence electrons. The number of aromatic nitrogens is 2. The smallest absolute Gasteiger partial charge is 0.290 e. The predicted octanol–water partition coefficient (Wildman–Crippen LogP) is 2.96. The fourth-order valence-electron chi connectivity index (χ4n) is 4.80. The standard InChI is InChI=1S/C21H28N4.CH2O2/c1-2-12-24-14-19-15-25(20-13-22-10-11-23-20)17-21(19,16-24)9-8-18-6-4-3-5-7-18;2-1-3/h3-7,10-11,13,19H,2,8-9,12,14-17H2,1H3;1H,(H,2,3). The number of rotatable bonds is 6. The van der Waals surface area contributed by atoms with E-state index in [-0.39, 0.29) is 6.47 Å². The first kappa shape index (κ1) is 20.3. The van der Waals surface area contributed by atoms with Crippen LogP contribution in [0.3, 0.4) is 0 Å². The number of likely N-dealkylation sites (tertiary alicyclic amines) is 1. The van der Waals surface area contributed by atoms with E-state index >= 15 is 0 Å². The number of benzene rings is 1. The van der Waals surface area contributed by atoms with Crippen molar-refractivity contribution < 1.29 is 9.90 Å². The number of aryl methyl sites for hydroxylation is 1. The summed E-state index contributed by atoms with van der Waals surface area (Å²) < 4.78 is 0. The van der Waals surface area contributed by atoms with Gasteiger partial charge in [0.2, 0.25) is 0 Å². The molecule has 6 heteroatoms. The highest BCUT2D eigenvalue weighted by Gasteiger charge is 2.51. The number of nitrogens with zero attached hydrogens (tertiary/aromatic N) is 4. The van der Waals surface area contributed by atoms with E-state index in [9.17, 15) is 0 Å². The van der Waals surface area contributed by atoms with Gasteiger partial charge < -0.3 is 14.9 Å². The number of anilines is 1. The maximum Gasteiger partial charge on any atom is 0.290 e. The lowest BCUT2D eigenvalue weighted by Crippen LogP contribution is -2.35. The van der Waals surface area contributed by atoms with Crippen LogP contribution in [0.25, 0.3) is 0 Å². The van der Waals surface area contributed by atoms with Crippen LogP contribution in [0.4, 0.5) is 5.82 Å². The fraction of sp³-hybridized carbons (Fsp3) is 0.500. The zero-order chi connectivity index (χ0) is 19.8. The Kier molecular flexibility index (Phi) is 6.98. The van der Waals surface area contributed by atoms with Crippen molar-refractivity contribution in [3.63, 3.8) is 0 Å². The van der Waals surface area contributed by atoms with Crippen molar-refractivity contribution in [1.29, 1.82) is 0 Å². The Morgan fingerprint density at radius 1 is 1.21 bits per heavy atom. The Morgan fingerprint density at radius 2 is 2.00 bits per heavy atom. The Labute approximate surface area is 167 Å². The lowest BCUT2D eigenvalue weighted by molar-refractivity contribution is -0.122. The van der Waals surface area contributed by atoms with Gasteiger partial charge in [0.05, 0.1) is 6.20 Å². The van der Waals surface area contributed by atoms with Crippen LogP contribution in [-0.4, -0.2) is 59.2 Å². The molecule has 0 amide bonds. The summed E-state index contributed by atoms with van der Waals surface area (Å²) in [5, 5.41) is 6.89. The topological polar surface area (TPSA) is 69.6 Å². The van der Waals surface area contributed by atoms with E-state index in [0.717, 1.165) is 24.8 Å². The first-order valence-corrected chi connectivity index (χ1v) is 10.1. The Hall–Kier alpha value is -2.47. The summed E-state index contributed by atoms with van der Waals surface area (Å²) in [6.45, 7) is 7.97. The van der Waals surface area contributed by atoms with E-state index in [0.29, 0.717) is 5.41 Å². The van der Waals surface area contributed by atoms with Gasteiger partial charge in [-0.15, -0.1) is 0 Å². The molecule has 2 atom stereocenters. The summed E-state index contributed by atoms with van der Waals surface area (Å²) in [7, 11) is 0. The van der Waals surface area contributed by atoms with Crippen molar-refractivity contribution in [2.45, 2.75) is 26.2 Å². The van der Waals surface area contributed by atoms with Crippen molar-refractivity contribution in [2.75, 3.05) is 37.6 Å². The molecule has 2 saturated heterocycles. The van der Waals surface area contributed by atoms with E-state index in [1.165, 1.54) is 44.5 Å². The van der Waals surface area contributed by atoms with Crippen LogP contribution in [0.2, 0.25) is 0 Å². The molecule has 2 aromatic rings. The molecule has 0 bridgehead atoms. The van der Waals surface area contributed by atoms with E-state index < -0.39 is 0 Å². The molecule has 1 N–H and O–H groups in total. The molecule has 2 aliphatic rings. The van der Waals surface area contributed by atoms with Crippen LogP contribution < -0.4 is 4.90 Å². The van der Waals surface area contributed by atoms with E-state index in [1.807, 2.05) is 12.4 Å². The minimum Gasteiger partial charge on any atom is -0.483 e. The van der Waals surface area contributed by atoms with Gasteiger partial charge in [-0.05, 0) is 37.3 Å². The highest BCUT2D eigenvalue weighted by Crippen LogP contribution is 2.46. The molecule has 1 aromatic heterocycles. The maximum absolute atomic E-state index is 8.36. The zero-order valence-corrected chi connectivity index (χ0v) is 16.6. The minimum atomic E-state index is -0.250. The molecular weight excluding hydrogens is 352 g/mol. The molecule has 6 nitrogen and oxygen atoms in total. The van der Waals surface area contributed by atoms with Crippen molar-refractivity contribution in [1.82, 2.24) is 14.9 Å². The average Bonchev–Trinajstić information content (AvgIpc) is 3.23. The molecule has 4 rings (SSSR count). The van der Waals surface area contributed by atoms with Gasteiger partial charge in [0, 0.05) is 44.0 Å². The van der Waals surface area contributed by atoms with Crippen LogP contribution in [0.15, 0.2) is 48.9 Å². The summed E-state index contributed by atoms with van der Waals surface area (Å²) in [6, 6.07) is 10.9. The third kappa shape index (κ3) is 4.68. The molecular formula is C22H30N4O2. The van der Waals surface area contributed by atoms with Crippen molar-refractivity contribution in [2.24, 2.45) is 11.3 Å². The van der Waals surface area contributed by atoms with Gasteiger partial charge in [-0.25, -0.2) is 4.98 Å². The van der Waals surface area contributed by atoms with Gasteiger partial charge in [-0.3, -0.25) is 9.78 Å². The number of hydrogen-bond donors (Lipinski definition) is 1. The van der Waals surface area contributed by atoms with Gasteiger partial charge in [-0.2, -0.15) is 0 Å². The normalized spacial score (nSPS) is 23.8. The maximum atomic E-state index is 8.36. The zero-order valence-electron chi connectivity index (χ0n) is 16.6. The molecule has 2 unspecified atom stereocenters. The Balaban J connectivity index is 0.000000706. The second-order valence-electron chi connectivity index (χ2n) is 7.83. The minimum absolute atomic E-state index is 0.250. The monoisotopic (exact) mass is 382 g/mol. The van der Waals surface area contributed by atoms with Crippen LogP contribution >= 0.6 is 0 Å². The highest BCUT2D eigenvalue weighted by atomic mass is 16.3. The molecule has 2 aliphatic heterocycles. The first-order chi connectivity index (χ1) is 13.7. The molecule has 0 radical (unpaired) electrons. The number of hydrogen-bond acceptors (Lipinski definition) is 5. The lowest BCUT2D eigenvalue weighted by Gasteiger charge is -2.30. The molecule has 0 saturated carbocycles. The summed E-state index contributed by atoms with van der Waals surface area (Å²) in [4.78, 5) is 22.3. The SMILES string of the molecule is CCCN1CC2CN(c3cnccn3)CC2(CCc2ccccc2)C1.O=CO. The second-order valence-corrected chi connectivity index (χ2v) is 7.83. The molecule has 0 aliphatic carbocycles. The van der Waals surface area contributed by atoms with Gasteiger partial charge in [0.15, 0.2) is 0 Å². The molecule has 3 heterocycles. The van der Waals surface area contributed by atoms with Gasteiger partial charge >= 0.3 is 0 Å². The number of carboxylic acid groups (broad SMARTS) is 1. The molecule has 28 heavy (non-hydrogen) atoms. The Bertz CT molecular complexity index is 728. The van der Waals surface area contributed by atoms with Crippen LogP contribution in [-0.2, 0) is 11.2 Å².